The number of carboxylic acid groups (broad SMARTS) is 1. The first kappa shape index (κ1) is 11.9. The summed E-state index contributed by atoms with van der Waals surface area (Å²) in [6.07, 6.45) is 0. The van der Waals surface area contributed by atoms with Gasteiger partial charge in [-0.25, -0.2) is 4.39 Å². The monoisotopic (exact) mass is 238 g/mol. The van der Waals surface area contributed by atoms with Gasteiger partial charge in [-0.2, -0.15) is 0 Å². The van der Waals surface area contributed by atoms with E-state index in [4.69, 9.17) is 9.84 Å². The first-order valence-corrected chi connectivity index (χ1v) is 5.46. The average Bonchev–Trinajstić information content (AvgIpc) is 2.81. The quantitative estimate of drug-likeness (QED) is 0.880. The molecule has 92 valence electrons. The van der Waals surface area contributed by atoms with Crippen molar-refractivity contribution >= 4 is 5.97 Å². The van der Waals surface area contributed by atoms with E-state index in [9.17, 15) is 9.18 Å². The number of hydrogen-bond acceptors (Lipinski definition) is 2. The molecule has 2 atom stereocenters. The number of ether oxygens (including phenoxy) is 1. The van der Waals surface area contributed by atoms with Crippen molar-refractivity contribution in [3.05, 3.63) is 29.6 Å². The van der Waals surface area contributed by atoms with Crippen LogP contribution in [0.25, 0.3) is 0 Å². The van der Waals surface area contributed by atoms with Gasteiger partial charge in [-0.05, 0) is 11.5 Å². The lowest BCUT2D eigenvalue weighted by Gasteiger charge is -2.10. The Balaban J connectivity index is 2.43. The minimum absolute atomic E-state index is 0.161. The summed E-state index contributed by atoms with van der Waals surface area (Å²) in [5.41, 5.74) is 0.289. The molecule has 1 aliphatic carbocycles. The Labute approximate surface area is 99.2 Å². The molecule has 1 fully saturated rings. The normalized spacial score (nSPS) is 25.4. The van der Waals surface area contributed by atoms with Gasteiger partial charge in [-0.3, -0.25) is 4.79 Å². The van der Waals surface area contributed by atoms with E-state index in [1.807, 2.05) is 13.8 Å². The van der Waals surface area contributed by atoms with Crippen molar-refractivity contribution in [2.45, 2.75) is 19.8 Å². The minimum atomic E-state index is -0.841. The molecule has 2 unspecified atom stereocenters. The number of carboxylic acids is 1. The molecule has 1 aromatic carbocycles. The van der Waals surface area contributed by atoms with Gasteiger partial charge in [0, 0.05) is 11.5 Å². The Bertz CT molecular complexity index is 468. The standard InChI is InChI=1S/C13H15FO3/c1-13(2)9(10(13)12(15)16)7-5-4-6-8(14)11(7)17-3/h4-6,9-10H,1-3H3,(H,15,16). The fourth-order valence-corrected chi connectivity index (χ4v) is 2.66. The topological polar surface area (TPSA) is 46.5 Å². The summed E-state index contributed by atoms with van der Waals surface area (Å²) < 4.78 is 18.6. The SMILES string of the molecule is COc1c(F)cccc1C1C(C(=O)O)C1(C)C. The van der Waals surface area contributed by atoms with Crippen LogP contribution in [-0.2, 0) is 4.79 Å². The zero-order valence-electron chi connectivity index (χ0n) is 10.0. The van der Waals surface area contributed by atoms with Crippen LogP contribution in [0.5, 0.6) is 5.75 Å². The van der Waals surface area contributed by atoms with E-state index in [0.29, 0.717) is 5.56 Å². The van der Waals surface area contributed by atoms with Crippen molar-refractivity contribution < 1.29 is 19.0 Å². The summed E-state index contributed by atoms with van der Waals surface area (Å²) in [6.45, 7) is 3.75. The highest BCUT2D eigenvalue weighted by atomic mass is 19.1. The molecule has 1 N–H and O–H groups in total. The van der Waals surface area contributed by atoms with Crippen LogP contribution >= 0.6 is 0 Å². The summed E-state index contributed by atoms with van der Waals surface area (Å²) in [4.78, 5) is 11.1. The van der Waals surface area contributed by atoms with Crippen molar-refractivity contribution in [1.82, 2.24) is 0 Å². The van der Waals surface area contributed by atoms with Crippen molar-refractivity contribution in [2.75, 3.05) is 7.11 Å². The Hall–Kier alpha value is -1.58. The molecule has 4 heteroatoms. The molecule has 0 amide bonds. The predicted molar refractivity (Wildman–Crippen MR) is 60.6 cm³/mol. The Morgan fingerprint density at radius 3 is 2.59 bits per heavy atom. The predicted octanol–water partition coefficient (Wildman–Crippen LogP) is 2.66. The van der Waals surface area contributed by atoms with Gasteiger partial charge in [0.15, 0.2) is 11.6 Å². The second kappa shape index (κ2) is 3.72. The number of aliphatic carboxylic acids is 1. The number of para-hydroxylation sites is 1. The second-order valence-corrected chi connectivity index (χ2v) is 4.98. The van der Waals surface area contributed by atoms with Crippen LogP contribution in [0, 0.1) is 17.2 Å². The van der Waals surface area contributed by atoms with Gasteiger partial charge in [0.2, 0.25) is 0 Å². The van der Waals surface area contributed by atoms with Crippen molar-refractivity contribution in [3.8, 4) is 5.75 Å². The molecule has 1 aromatic rings. The number of hydrogen-bond donors (Lipinski definition) is 1. The molecule has 0 heterocycles. The Morgan fingerprint density at radius 1 is 1.47 bits per heavy atom. The fraction of sp³-hybridized carbons (Fsp3) is 0.462. The zero-order chi connectivity index (χ0) is 12.8. The summed E-state index contributed by atoms with van der Waals surface area (Å²) in [5, 5.41) is 9.12. The molecule has 0 aromatic heterocycles. The molecule has 3 nitrogen and oxygen atoms in total. The maximum absolute atomic E-state index is 13.5. The third-order valence-electron chi connectivity index (χ3n) is 3.63. The summed E-state index contributed by atoms with van der Waals surface area (Å²) in [6, 6.07) is 4.63. The van der Waals surface area contributed by atoms with E-state index >= 15 is 0 Å². The first-order valence-electron chi connectivity index (χ1n) is 5.46. The lowest BCUT2D eigenvalue weighted by Crippen LogP contribution is -2.03. The van der Waals surface area contributed by atoms with Gasteiger partial charge in [0.05, 0.1) is 13.0 Å². The summed E-state index contributed by atoms with van der Waals surface area (Å²) in [7, 11) is 1.40. The molecule has 0 radical (unpaired) electrons. The number of carbonyl (C=O) groups is 1. The van der Waals surface area contributed by atoms with Crippen LogP contribution in [0.15, 0.2) is 18.2 Å². The third-order valence-corrected chi connectivity index (χ3v) is 3.63. The number of halogens is 1. The molecule has 1 saturated carbocycles. The Kier molecular flexibility index (Phi) is 2.60. The molecule has 0 aliphatic heterocycles. The third kappa shape index (κ3) is 1.68. The van der Waals surface area contributed by atoms with E-state index in [-0.39, 0.29) is 17.1 Å². The maximum Gasteiger partial charge on any atom is 0.307 e. The molecular weight excluding hydrogens is 223 g/mol. The fourth-order valence-electron chi connectivity index (χ4n) is 2.66. The van der Waals surface area contributed by atoms with Crippen molar-refractivity contribution in [1.29, 1.82) is 0 Å². The second-order valence-electron chi connectivity index (χ2n) is 4.98. The van der Waals surface area contributed by atoms with Gasteiger partial charge in [-0.1, -0.05) is 26.0 Å². The van der Waals surface area contributed by atoms with Gasteiger partial charge in [0.25, 0.3) is 0 Å². The summed E-state index contributed by atoms with van der Waals surface area (Å²) >= 11 is 0. The first-order chi connectivity index (χ1) is 7.91. The van der Waals surface area contributed by atoms with Crippen LogP contribution in [0.2, 0.25) is 0 Å². The van der Waals surface area contributed by atoms with Gasteiger partial charge >= 0.3 is 5.97 Å². The van der Waals surface area contributed by atoms with Crippen LogP contribution in [-0.4, -0.2) is 18.2 Å². The molecule has 0 saturated heterocycles. The summed E-state index contributed by atoms with van der Waals surface area (Å²) in [5.74, 6) is -1.79. The maximum atomic E-state index is 13.5. The van der Waals surface area contributed by atoms with Crippen molar-refractivity contribution in [2.24, 2.45) is 11.3 Å². The number of rotatable bonds is 3. The lowest BCUT2D eigenvalue weighted by atomic mass is 10.0. The smallest absolute Gasteiger partial charge is 0.307 e. The van der Waals surface area contributed by atoms with Gasteiger partial charge < -0.3 is 9.84 Å². The average molecular weight is 238 g/mol. The van der Waals surface area contributed by atoms with Gasteiger partial charge in [0.1, 0.15) is 0 Å². The van der Waals surface area contributed by atoms with Crippen LogP contribution in [0.1, 0.15) is 25.3 Å². The van der Waals surface area contributed by atoms with Crippen LogP contribution in [0.4, 0.5) is 4.39 Å². The Morgan fingerprint density at radius 2 is 2.12 bits per heavy atom. The van der Waals surface area contributed by atoms with E-state index in [0.717, 1.165) is 0 Å². The lowest BCUT2D eigenvalue weighted by molar-refractivity contribution is -0.139. The molecule has 0 bridgehead atoms. The van der Waals surface area contributed by atoms with Crippen LogP contribution < -0.4 is 4.74 Å². The highest BCUT2D eigenvalue weighted by Gasteiger charge is 2.63. The highest BCUT2D eigenvalue weighted by Crippen LogP contribution is 2.65. The van der Waals surface area contributed by atoms with E-state index in [2.05, 4.69) is 0 Å². The highest BCUT2D eigenvalue weighted by molar-refractivity contribution is 5.78. The van der Waals surface area contributed by atoms with E-state index in [1.54, 1.807) is 12.1 Å². The van der Waals surface area contributed by atoms with Crippen molar-refractivity contribution in [3.63, 3.8) is 0 Å². The molecular formula is C13H15FO3. The van der Waals surface area contributed by atoms with E-state index < -0.39 is 17.7 Å². The minimum Gasteiger partial charge on any atom is -0.493 e. The molecule has 1 aliphatic rings. The molecule has 0 spiro atoms. The molecule has 2 rings (SSSR count). The van der Waals surface area contributed by atoms with Crippen LogP contribution in [0.3, 0.4) is 0 Å². The van der Waals surface area contributed by atoms with Gasteiger partial charge in [-0.15, -0.1) is 0 Å². The largest absolute Gasteiger partial charge is 0.493 e. The number of benzene rings is 1. The number of methoxy groups -OCH3 is 1. The molecule has 17 heavy (non-hydrogen) atoms. The van der Waals surface area contributed by atoms with E-state index in [1.165, 1.54) is 13.2 Å². The zero-order valence-corrected chi connectivity index (χ0v) is 10.0.